The summed E-state index contributed by atoms with van der Waals surface area (Å²) in [7, 11) is 0. The lowest BCUT2D eigenvalue weighted by atomic mass is 10.1. The highest BCUT2D eigenvalue weighted by Gasteiger charge is 2.09. The number of carbonyl (C=O) groups is 1. The van der Waals surface area contributed by atoms with Crippen LogP contribution in [-0.2, 0) is 4.79 Å². The molecule has 3 N–H and O–H groups in total. The van der Waals surface area contributed by atoms with E-state index in [1.807, 2.05) is 18.2 Å². The molecule has 0 bridgehead atoms. The van der Waals surface area contributed by atoms with Crippen molar-refractivity contribution in [2.24, 2.45) is 5.73 Å². The summed E-state index contributed by atoms with van der Waals surface area (Å²) in [4.78, 5) is 11.6. The molecule has 17 heavy (non-hydrogen) atoms. The van der Waals surface area contributed by atoms with Gasteiger partial charge < -0.3 is 11.1 Å². The van der Waals surface area contributed by atoms with Crippen LogP contribution in [0, 0.1) is 0 Å². The molecule has 1 unspecified atom stereocenters. The minimum Gasteiger partial charge on any atom is -0.369 e. The maximum atomic E-state index is 10.7. The Morgan fingerprint density at radius 3 is 2.82 bits per heavy atom. The molecule has 1 amide bonds. The molecule has 0 saturated carbocycles. The topological polar surface area (TPSA) is 55.1 Å². The van der Waals surface area contributed by atoms with E-state index in [1.54, 1.807) is 0 Å². The number of thioether (sulfide) groups is 1. The van der Waals surface area contributed by atoms with E-state index < -0.39 is 0 Å². The molecule has 0 saturated heterocycles. The molecular weight excluding hydrogens is 256 g/mol. The summed E-state index contributed by atoms with van der Waals surface area (Å²) in [6.07, 6.45) is 0. The number of hydrogen-bond donors (Lipinski definition) is 2. The van der Waals surface area contributed by atoms with Crippen molar-refractivity contribution in [2.45, 2.75) is 24.8 Å². The van der Waals surface area contributed by atoms with Gasteiger partial charge in [-0.15, -0.1) is 11.8 Å². The highest BCUT2D eigenvalue weighted by Crippen LogP contribution is 2.28. The van der Waals surface area contributed by atoms with Crippen molar-refractivity contribution in [2.75, 3.05) is 12.3 Å². The van der Waals surface area contributed by atoms with Crippen LogP contribution in [0.5, 0.6) is 0 Å². The van der Waals surface area contributed by atoms with Crippen LogP contribution in [0.25, 0.3) is 0 Å². The zero-order valence-corrected chi connectivity index (χ0v) is 11.6. The van der Waals surface area contributed by atoms with Gasteiger partial charge in [-0.1, -0.05) is 24.6 Å². The predicted octanol–water partition coefficient (Wildman–Crippen LogP) is 2.59. The Hall–Kier alpha value is -0.710. The monoisotopic (exact) mass is 272 g/mol. The van der Waals surface area contributed by atoms with E-state index in [0.717, 1.165) is 17.0 Å². The quantitative estimate of drug-likeness (QED) is 0.783. The van der Waals surface area contributed by atoms with Crippen molar-refractivity contribution in [1.29, 1.82) is 0 Å². The highest BCUT2D eigenvalue weighted by atomic mass is 35.5. The Morgan fingerprint density at radius 2 is 2.29 bits per heavy atom. The van der Waals surface area contributed by atoms with Gasteiger partial charge in [-0.05, 0) is 31.2 Å². The van der Waals surface area contributed by atoms with Gasteiger partial charge in [0.15, 0.2) is 0 Å². The standard InChI is InChI=1S/C12H17ClN2OS/c1-3-15-8(2)10-5-4-9(6-11(10)13)17-7-12(14)16/h4-6,8,15H,3,7H2,1-2H3,(H2,14,16). The van der Waals surface area contributed by atoms with E-state index in [0.29, 0.717) is 5.02 Å². The van der Waals surface area contributed by atoms with Gasteiger partial charge in [-0.25, -0.2) is 0 Å². The molecule has 1 aromatic carbocycles. The Bertz CT molecular complexity index is 398. The van der Waals surface area contributed by atoms with Crippen LogP contribution in [0.15, 0.2) is 23.1 Å². The Kier molecular flexibility index (Phi) is 5.82. The van der Waals surface area contributed by atoms with Crippen LogP contribution < -0.4 is 11.1 Å². The lowest BCUT2D eigenvalue weighted by Crippen LogP contribution is -2.18. The molecule has 0 aliphatic carbocycles. The third-order valence-corrected chi connectivity index (χ3v) is 3.67. The third kappa shape index (κ3) is 4.58. The molecule has 0 aliphatic rings. The largest absolute Gasteiger partial charge is 0.369 e. The summed E-state index contributed by atoms with van der Waals surface area (Å²) in [6, 6.07) is 6.04. The van der Waals surface area contributed by atoms with Crippen LogP contribution in [0.3, 0.4) is 0 Å². The van der Waals surface area contributed by atoms with E-state index in [1.165, 1.54) is 11.8 Å². The van der Waals surface area contributed by atoms with Gasteiger partial charge in [-0.2, -0.15) is 0 Å². The first-order valence-corrected chi connectivity index (χ1v) is 6.85. The number of amides is 1. The third-order valence-electron chi connectivity index (χ3n) is 2.33. The molecule has 0 radical (unpaired) electrons. The maximum Gasteiger partial charge on any atom is 0.227 e. The van der Waals surface area contributed by atoms with Crippen molar-refractivity contribution >= 4 is 29.3 Å². The van der Waals surface area contributed by atoms with Crippen LogP contribution in [0.4, 0.5) is 0 Å². The first-order valence-electron chi connectivity index (χ1n) is 5.48. The normalized spacial score (nSPS) is 12.4. The second kappa shape index (κ2) is 6.89. The van der Waals surface area contributed by atoms with E-state index in [2.05, 4.69) is 19.2 Å². The van der Waals surface area contributed by atoms with Crippen molar-refractivity contribution in [3.63, 3.8) is 0 Å². The number of primary amides is 1. The number of nitrogens with one attached hydrogen (secondary N) is 1. The Balaban J connectivity index is 2.75. The fourth-order valence-corrected chi connectivity index (χ4v) is 2.60. The molecule has 1 aromatic rings. The smallest absolute Gasteiger partial charge is 0.227 e. The summed E-state index contributed by atoms with van der Waals surface area (Å²) in [5.74, 6) is -0.0467. The van der Waals surface area contributed by atoms with Crippen LogP contribution >= 0.6 is 23.4 Å². The van der Waals surface area contributed by atoms with E-state index >= 15 is 0 Å². The molecule has 0 heterocycles. The fourth-order valence-electron chi connectivity index (χ4n) is 1.52. The lowest BCUT2D eigenvalue weighted by Gasteiger charge is -2.15. The van der Waals surface area contributed by atoms with Crippen molar-refractivity contribution < 1.29 is 4.79 Å². The molecule has 5 heteroatoms. The number of halogens is 1. The zero-order valence-electron chi connectivity index (χ0n) is 10.00. The average Bonchev–Trinajstić information content (AvgIpc) is 2.26. The SMILES string of the molecule is CCNC(C)c1ccc(SCC(N)=O)cc1Cl. The molecule has 1 rings (SSSR count). The number of hydrogen-bond acceptors (Lipinski definition) is 3. The molecule has 0 aliphatic heterocycles. The van der Waals surface area contributed by atoms with Gasteiger partial charge >= 0.3 is 0 Å². The average molecular weight is 273 g/mol. The molecule has 1 atom stereocenters. The van der Waals surface area contributed by atoms with Gasteiger partial charge in [0.1, 0.15) is 0 Å². The molecule has 0 spiro atoms. The van der Waals surface area contributed by atoms with E-state index in [9.17, 15) is 4.79 Å². The first-order chi connectivity index (χ1) is 8.04. The number of nitrogens with two attached hydrogens (primary N) is 1. The number of carbonyl (C=O) groups excluding carboxylic acids is 1. The van der Waals surface area contributed by atoms with Crippen molar-refractivity contribution in [1.82, 2.24) is 5.32 Å². The predicted molar refractivity (Wildman–Crippen MR) is 73.5 cm³/mol. The van der Waals surface area contributed by atoms with Gasteiger partial charge in [-0.3, -0.25) is 4.79 Å². The van der Waals surface area contributed by atoms with Crippen LogP contribution in [-0.4, -0.2) is 18.2 Å². The Morgan fingerprint density at radius 1 is 1.59 bits per heavy atom. The minimum absolute atomic E-state index is 0.225. The summed E-state index contributed by atoms with van der Waals surface area (Å²) < 4.78 is 0. The number of benzene rings is 1. The second-order valence-electron chi connectivity index (χ2n) is 3.72. The summed E-state index contributed by atoms with van der Waals surface area (Å²) in [5.41, 5.74) is 6.16. The van der Waals surface area contributed by atoms with Crippen molar-refractivity contribution in [3.05, 3.63) is 28.8 Å². The zero-order chi connectivity index (χ0) is 12.8. The summed E-state index contributed by atoms with van der Waals surface area (Å²) >= 11 is 7.60. The van der Waals surface area contributed by atoms with Gasteiger partial charge in [0, 0.05) is 16.0 Å². The van der Waals surface area contributed by atoms with E-state index in [-0.39, 0.29) is 17.7 Å². The molecule has 94 valence electrons. The molecular formula is C12H17ClN2OS. The summed E-state index contributed by atoms with van der Waals surface area (Å²) in [6.45, 7) is 5.03. The number of rotatable bonds is 6. The van der Waals surface area contributed by atoms with E-state index in [4.69, 9.17) is 17.3 Å². The van der Waals surface area contributed by atoms with Crippen LogP contribution in [0.2, 0.25) is 5.02 Å². The summed E-state index contributed by atoms with van der Waals surface area (Å²) in [5, 5.41) is 4.02. The highest BCUT2D eigenvalue weighted by molar-refractivity contribution is 8.00. The molecule has 0 aromatic heterocycles. The second-order valence-corrected chi connectivity index (χ2v) is 5.17. The lowest BCUT2D eigenvalue weighted by molar-refractivity contribution is -0.115. The minimum atomic E-state index is -0.323. The fraction of sp³-hybridized carbons (Fsp3) is 0.417. The Labute approximate surface area is 111 Å². The maximum absolute atomic E-state index is 10.7. The first kappa shape index (κ1) is 14.4. The van der Waals surface area contributed by atoms with Gasteiger partial charge in [0.05, 0.1) is 5.75 Å². The van der Waals surface area contributed by atoms with Gasteiger partial charge in [0.2, 0.25) is 5.91 Å². The molecule has 0 fully saturated rings. The molecule has 3 nitrogen and oxygen atoms in total. The van der Waals surface area contributed by atoms with Crippen molar-refractivity contribution in [3.8, 4) is 0 Å². The van der Waals surface area contributed by atoms with Gasteiger partial charge in [0.25, 0.3) is 0 Å². The van der Waals surface area contributed by atoms with Crippen LogP contribution in [0.1, 0.15) is 25.5 Å².